The molecule has 66 valence electrons. The quantitative estimate of drug-likeness (QED) is 0.576. The Morgan fingerprint density at radius 1 is 1.45 bits per heavy atom. The molecule has 0 spiro atoms. The minimum atomic E-state index is 0.292. The van der Waals surface area contributed by atoms with E-state index in [4.69, 9.17) is 12.6 Å². The van der Waals surface area contributed by atoms with Gasteiger partial charge in [0.2, 0.25) is 0 Å². The summed E-state index contributed by atoms with van der Waals surface area (Å²) in [6, 6.07) is 0. The highest BCUT2D eigenvalue weighted by atomic mass is 32.1. The monoisotopic (exact) mass is 172 g/mol. The van der Waals surface area contributed by atoms with E-state index in [0.29, 0.717) is 4.75 Å². The van der Waals surface area contributed by atoms with Gasteiger partial charge < -0.3 is 0 Å². The molecule has 0 aromatic rings. The molecule has 1 saturated carbocycles. The van der Waals surface area contributed by atoms with Crippen LogP contribution in [0, 0.1) is 17.8 Å². The van der Waals surface area contributed by atoms with Gasteiger partial charge in [-0.1, -0.05) is 34.1 Å². The standard InChI is InChI=1S/C10H20S/c1-5-9-7(2)6-10(4,11)8(9)3/h7-9,11H,5-6H2,1-4H3/t7?,8-,9?,10+/m0/s1. The third-order valence-corrected chi connectivity index (χ3v) is 4.15. The molecule has 0 heterocycles. The average Bonchev–Trinajstić information content (AvgIpc) is 2.04. The summed E-state index contributed by atoms with van der Waals surface area (Å²) in [6.45, 7) is 9.30. The first-order valence-electron chi connectivity index (χ1n) is 4.71. The number of hydrogen-bond donors (Lipinski definition) is 1. The highest BCUT2D eigenvalue weighted by molar-refractivity contribution is 7.81. The molecule has 0 nitrogen and oxygen atoms in total. The van der Waals surface area contributed by atoms with Crippen molar-refractivity contribution in [3.63, 3.8) is 0 Å². The number of thiol groups is 1. The maximum atomic E-state index is 4.72. The Hall–Kier alpha value is 0.350. The molecule has 0 aromatic carbocycles. The molecule has 1 rings (SSSR count). The lowest BCUT2D eigenvalue weighted by Gasteiger charge is -2.25. The Kier molecular flexibility index (Phi) is 2.58. The molecule has 11 heavy (non-hydrogen) atoms. The molecule has 1 aliphatic carbocycles. The van der Waals surface area contributed by atoms with E-state index in [0.717, 1.165) is 17.8 Å². The zero-order valence-electron chi connectivity index (χ0n) is 8.09. The number of hydrogen-bond acceptors (Lipinski definition) is 1. The molecule has 1 fully saturated rings. The fourth-order valence-corrected chi connectivity index (χ4v) is 3.18. The average molecular weight is 172 g/mol. The van der Waals surface area contributed by atoms with Crippen LogP contribution in [0.4, 0.5) is 0 Å². The molecular weight excluding hydrogens is 152 g/mol. The Labute approximate surface area is 76.2 Å². The summed E-state index contributed by atoms with van der Waals surface area (Å²) in [4.78, 5) is 0. The van der Waals surface area contributed by atoms with Gasteiger partial charge in [0.25, 0.3) is 0 Å². The minimum Gasteiger partial charge on any atom is -0.172 e. The summed E-state index contributed by atoms with van der Waals surface area (Å²) in [5, 5.41) is 0. The second-order valence-corrected chi connectivity index (χ2v) is 5.42. The predicted molar refractivity (Wildman–Crippen MR) is 54.1 cm³/mol. The van der Waals surface area contributed by atoms with Gasteiger partial charge >= 0.3 is 0 Å². The van der Waals surface area contributed by atoms with Crippen LogP contribution < -0.4 is 0 Å². The Morgan fingerprint density at radius 3 is 2.18 bits per heavy atom. The zero-order chi connectivity index (χ0) is 8.65. The minimum absolute atomic E-state index is 0.292. The van der Waals surface area contributed by atoms with E-state index in [1.807, 2.05) is 0 Å². The van der Waals surface area contributed by atoms with Crippen LogP contribution in [0.5, 0.6) is 0 Å². The smallest absolute Gasteiger partial charge is 0.0132 e. The van der Waals surface area contributed by atoms with Gasteiger partial charge in [-0.05, 0) is 24.2 Å². The highest BCUT2D eigenvalue weighted by Crippen LogP contribution is 2.48. The molecule has 1 aliphatic rings. The molecule has 0 N–H and O–H groups in total. The third-order valence-electron chi connectivity index (χ3n) is 3.56. The SMILES string of the molecule is CCC1C(C)C[C@@](C)(S)[C@H]1C. The zero-order valence-corrected chi connectivity index (χ0v) is 8.99. The van der Waals surface area contributed by atoms with Crippen molar-refractivity contribution in [2.24, 2.45) is 17.8 Å². The topological polar surface area (TPSA) is 0 Å². The molecule has 1 heteroatoms. The van der Waals surface area contributed by atoms with Crippen molar-refractivity contribution in [2.75, 3.05) is 0 Å². The lowest BCUT2D eigenvalue weighted by Crippen LogP contribution is -2.22. The first-order chi connectivity index (χ1) is 4.99. The van der Waals surface area contributed by atoms with E-state index >= 15 is 0 Å². The summed E-state index contributed by atoms with van der Waals surface area (Å²) in [5.74, 6) is 2.56. The van der Waals surface area contributed by atoms with Crippen molar-refractivity contribution in [2.45, 2.75) is 45.3 Å². The summed E-state index contributed by atoms with van der Waals surface area (Å²) in [7, 11) is 0. The van der Waals surface area contributed by atoms with Gasteiger partial charge in [0.15, 0.2) is 0 Å². The van der Waals surface area contributed by atoms with Crippen molar-refractivity contribution in [3.8, 4) is 0 Å². The van der Waals surface area contributed by atoms with E-state index in [9.17, 15) is 0 Å². The van der Waals surface area contributed by atoms with Crippen LogP contribution in [0.3, 0.4) is 0 Å². The lowest BCUT2D eigenvalue weighted by atomic mass is 9.87. The van der Waals surface area contributed by atoms with Crippen LogP contribution >= 0.6 is 12.6 Å². The first-order valence-corrected chi connectivity index (χ1v) is 5.16. The van der Waals surface area contributed by atoms with E-state index in [1.54, 1.807) is 0 Å². The summed E-state index contributed by atoms with van der Waals surface area (Å²) < 4.78 is 0.292. The van der Waals surface area contributed by atoms with Crippen LogP contribution in [0.25, 0.3) is 0 Å². The van der Waals surface area contributed by atoms with Crippen molar-refractivity contribution < 1.29 is 0 Å². The van der Waals surface area contributed by atoms with Crippen molar-refractivity contribution in [1.29, 1.82) is 0 Å². The molecular formula is C10H20S. The van der Waals surface area contributed by atoms with Gasteiger partial charge in [-0.3, -0.25) is 0 Å². The Bertz CT molecular complexity index is 140. The van der Waals surface area contributed by atoms with Gasteiger partial charge in [-0.2, -0.15) is 12.6 Å². The lowest BCUT2D eigenvalue weighted by molar-refractivity contribution is 0.324. The maximum Gasteiger partial charge on any atom is 0.0132 e. The Morgan fingerprint density at radius 2 is 2.00 bits per heavy atom. The number of rotatable bonds is 1. The summed E-state index contributed by atoms with van der Waals surface area (Å²) >= 11 is 4.72. The third kappa shape index (κ3) is 1.58. The molecule has 0 aliphatic heterocycles. The summed E-state index contributed by atoms with van der Waals surface area (Å²) in [6.07, 6.45) is 2.61. The van der Waals surface area contributed by atoms with Crippen molar-refractivity contribution >= 4 is 12.6 Å². The van der Waals surface area contributed by atoms with Gasteiger partial charge in [-0.25, -0.2) is 0 Å². The largest absolute Gasteiger partial charge is 0.172 e. The molecule has 4 atom stereocenters. The van der Waals surface area contributed by atoms with Crippen LogP contribution in [0.2, 0.25) is 0 Å². The van der Waals surface area contributed by atoms with Crippen molar-refractivity contribution in [1.82, 2.24) is 0 Å². The molecule has 0 amide bonds. The fourth-order valence-electron chi connectivity index (χ4n) is 2.70. The van der Waals surface area contributed by atoms with Crippen LogP contribution in [0.15, 0.2) is 0 Å². The van der Waals surface area contributed by atoms with Gasteiger partial charge in [0, 0.05) is 4.75 Å². The van der Waals surface area contributed by atoms with Gasteiger partial charge in [0.05, 0.1) is 0 Å². The van der Waals surface area contributed by atoms with Gasteiger partial charge in [0.1, 0.15) is 0 Å². The molecule has 2 unspecified atom stereocenters. The molecule has 0 aromatic heterocycles. The van der Waals surface area contributed by atoms with E-state index in [1.165, 1.54) is 12.8 Å². The molecule has 0 saturated heterocycles. The predicted octanol–water partition coefficient (Wildman–Crippen LogP) is 3.38. The highest BCUT2D eigenvalue weighted by Gasteiger charge is 2.43. The second kappa shape index (κ2) is 3.01. The van der Waals surface area contributed by atoms with Crippen LogP contribution in [-0.4, -0.2) is 4.75 Å². The first kappa shape index (κ1) is 9.44. The normalized spacial score (nSPS) is 51.5. The summed E-state index contributed by atoms with van der Waals surface area (Å²) in [5.41, 5.74) is 0. The fraction of sp³-hybridized carbons (Fsp3) is 1.00. The van der Waals surface area contributed by atoms with E-state index in [-0.39, 0.29) is 0 Å². The molecule has 0 bridgehead atoms. The van der Waals surface area contributed by atoms with Crippen molar-refractivity contribution in [3.05, 3.63) is 0 Å². The van der Waals surface area contributed by atoms with Crippen LogP contribution in [-0.2, 0) is 0 Å². The molecule has 0 radical (unpaired) electrons. The Balaban J connectivity index is 2.71. The van der Waals surface area contributed by atoms with Gasteiger partial charge in [-0.15, -0.1) is 0 Å². The second-order valence-electron chi connectivity index (χ2n) is 4.40. The maximum absolute atomic E-state index is 4.72. The van der Waals surface area contributed by atoms with E-state index in [2.05, 4.69) is 27.7 Å². The van der Waals surface area contributed by atoms with Crippen LogP contribution in [0.1, 0.15) is 40.5 Å². The van der Waals surface area contributed by atoms with E-state index < -0.39 is 0 Å².